The van der Waals surface area contributed by atoms with Crippen LogP contribution in [-0.4, -0.2) is 74.0 Å². The third-order valence-electron chi connectivity index (χ3n) is 7.34. The monoisotopic (exact) mass is 584 g/mol. The number of hydrogen-bond acceptors (Lipinski definition) is 8. The van der Waals surface area contributed by atoms with E-state index in [1.165, 1.54) is 57.1 Å². The molecule has 2 aliphatic rings. The highest BCUT2D eigenvalue weighted by Crippen LogP contribution is 2.38. The van der Waals surface area contributed by atoms with Crippen molar-refractivity contribution in [2.45, 2.75) is 23.6 Å². The summed E-state index contributed by atoms with van der Waals surface area (Å²) < 4.78 is 57.1. The number of non-ortho nitro benzene ring substituents is 1. The van der Waals surface area contributed by atoms with Gasteiger partial charge in [-0.3, -0.25) is 19.8 Å². The summed E-state index contributed by atoms with van der Waals surface area (Å²) in [6.45, 7) is 3.09. The number of nitro benzene ring substituents is 1. The maximum atomic E-state index is 14.1. The lowest BCUT2D eigenvalue weighted by atomic mass is 9.77. The molecule has 0 unspecified atom stereocenters. The van der Waals surface area contributed by atoms with Crippen molar-refractivity contribution >= 4 is 31.5 Å². The van der Waals surface area contributed by atoms with Crippen molar-refractivity contribution in [3.8, 4) is 0 Å². The highest BCUT2D eigenvalue weighted by atomic mass is 32.2. The van der Waals surface area contributed by atoms with Gasteiger partial charge in [0.15, 0.2) is 5.78 Å². The molecule has 40 heavy (non-hydrogen) atoms. The van der Waals surface area contributed by atoms with Crippen LogP contribution < -0.4 is 0 Å². The molecule has 2 saturated heterocycles. The van der Waals surface area contributed by atoms with Gasteiger partial charge >= 0.3 is 0 Å². The number of nitrogens with zero attached hydrogens (tertiary/aromatic N) is 4. The quantitative estimate of drug-likeness (QED) is 0.235. The number of sulfonamides is 2. The summed E-state index contributed by atoms with van der Waals surface area (Å²) in [7, 11) is -8.04. The van der Waals surface area contributed by atoms with Gasteiger partial charge in [0, 0.05) is 37.3 Å². The second-order valence-corrected chi connectivity index (χ2v) is 14.3. The van der Waals surface area contributed by atoms with Gasteiger partial charge < -0.3 is 0 Å². The average Bonchev–Trinajstić information content (AvgIpc) is 2.92. The number of carbonyl (C=O) groups excluding carboxylic acids is 1. The van der Waals surface area contributed by atoms with Crippen LogP contribution in [0.25, 0.3) is 0 Å². The molecule has 0 N–H and O–H groups in total. The number of aryl methyl sites for hydroxylation is 2. The van der Waals surface area contributed by atoms with E-state index in [0.717, 1.165) is 11.1 Å². The molecular weight excluding hydrogens is 556 g/mol. The zero-order valence-electron chi connectivity index (χ0n) is 21.9. The van der Waals surface area contributed by atoms with E-state index in [2.05, 4.69) is 0 Å². The number of rotatable bonds is 7. The fraction of sp³-hybridized carbons (Fsp3) is 0.296. The minimum Gasteiger partial charge on any atom is -0.293 e. The Hall–Kier alpha value is -3.49. The molecule has 13 heteroatoms. The standard InChI is InChI=1S/C27H28N4O7S2/c1-20-3-11-24(12-4-20)39(35,36)29-16-27(26(32)22-7-9-23(10-8-22)31(33)34)15-28(18-29)19-30(17-27)40(37,38)25-13-5-21(2)6-14-25/h3-14H,15-19H2,1-2H3. The Balaban J connectivity index is 1.56. The molecule has 0 amide bonds. The smallest absolute Gasteiger partial charge is 0.269 e. The Bertz CT molecular complexity index is 1580. The fourth-order valence-electron chi connectivity index (χ4n) is 5.24. The van der Waals surface area contributed by atoms with E-state index in [1.54, 1.807) is 29.2 Å². The van der Waals surface area contributed by atoms with Crippen molar-refractivity contribution < 1.29 is 26.6 Å². The largest absolute Gasteiger partial charge is 0.293 e. The molecule has 2 aliphatic heterocycles. The molecule has 0 aliphatic carbocycles. The molecule has 0 spiro atoms. The highest BCUT2D eigenvalue weighted by molar-refractivity contribution is 7.89. The molecule has 2 heterocycles. The number of Topliss-reactive ketones (excluding diaryl/α,β-unsaturated/α-hetero) is 1. The predicted molar refractivity (Wildman–Crippen MR) is 146 cm³/mol. The first-order chi connectivity index (χ1) is 18.8. The van der Waals surface area contributed by atoms with Crippen molar-refractivity contribution in [2.24, 2.45) is 5.41 Å². The molecule has 0 saturated carbocycles. The van der Waals surface area contributed by atoms with E-state index in [9.17, 15) is 31.7 Å². The summed E-state index contributed by atoms with van der Waals surface area (Å²) in [5, 5.41) is 11.1. The summed E-state index contributed by atoms with van der Waals surface area (Å²) in [5.74, 6) is -0.486. The predicted octanol–water partition coefficient (Wildman–Crippen LogP) is 3.01. The Kier molecular flexibility index (Phi) is 7.13. The van der Waals surface area contributed by atoms with Crippen molar-refractivity contribution in [1.82, 2.24) is 13.5 Å². The zero-order valence-corrected chi connectivity index (χ0v) is 23.6. The second kappa shape index (κ2) is 10.2. The van der Waals surface area contributed by atoms with E-state index < -0.39 is 36.2 Å². The zero-order chi connectivity index (χ0) is 28.9. The van der Waals surface area contributed by atoms with Crippen LogP contribution in [-0.2, 0) is 20.0 Å². The van der Waals surface area contributed by atoms with Crippen LogP contribution in [0.4, 0.5) is 5.69 Å². The number of nitro groups is 1. The first kappa shape index (κ1) is 28.1. The third-order valence-corrected chi connectivity index (χ3v) is 10.9. The number of fused-ring (bicyclic) bond motifs is 2. The molecule has 0 atom stereocenters. The van der Waals surface area contributed by atoms with Crippen molar-refractivity contribution in [2.75, 3.05) is 33.0 Å². The van der Waals surface area contributed by atoms with Crippen molar-refractivity contribution in [3.63, 3.8) is 0 Å². The van der Waals surface area contributed by atoms with Gasteiger partial charge in [0.25, 0.3) is 5.69 Å². The van der Waals surface area contributed by atoms with Crippen LogP contribution in [0.3, 0.4) is 0 Å². The molecule has 11 nitrogen and oxygen atoms in total. The van der Waals surface area contributed by atoms with E-state index in [0.29, 0.717) is 0 Å². The summed E-state index contributed by atoms with van der Waals surface area (Å²) in [6, 6.07) is 17.8. The molecule has 210 valence electrons. The first-order valence-corrected chi connectivity index (χ1v) is 15.4. The topological polar surface area (TPSA) is 138 Å². The lowest BCUT2D eigenvalue weighted by molar-refractivity contribution is -0.384. The SMILES string of the molecule is Cc1ccc(S(=O)(=O)N2CN3CN(S(=O)(=O)c4ccc(C)cc4)CC(C(=O)c4ccc([N+](=O)[O-])cc4)(C3)C2)cc1. The van der Waals surface area contributed by atoms with Crippen LogP contribution in [0.5, 0.6) is 0 Å². The number of hydrogen-bond donors (Lipinski definition) is 0. The second-order valence-electron chi connectivity index (χ2n) is 10.4. The van der Waals surface area contributed by atoms with Crippen molar-refractivity contribution in [1.29, 1.82) is 0 Å². The van der Waals surface area contributed by atoms with Crippen LogP contribution in [0, 0.1) is 29.4 Å². The summed E-state index contributed by atoms with van der Waals surface area (Å²) in [6.07, 6.45) is 0. The maximum Gasteiger partial charge on any atom is 0.269 e. The number of ketones is 1. The van der Waals surface area contributed by atoms with Gasteiger partial charge in [-0.25, -0.2) is 16.8 Å². The van der Waals surface area contributed by atoms with E-state index in [1.807, 2.05) is 13.8 Å². The number of carbonyl (C=O) groups is 1. The third kappa shape index (κ3) is 5.06. The Morgan fingerprint density at radius 1 is 0.725 bits per heavy atom. The summed E-state index contributed by atoms with van der Waals surface area (Å²) in [5.41, 5.74) is 0.257. The Labute approximate surface area is 232 Å². The van der Waals surface area contributed by atoms with E-state index in [4.69, 9.17) is 0 Å². The van der Waals surface area contributed by atoms with Gasteiger partial charge in [-0.2, -0.15) is 8.61 Å². The van der Waals surface area contributed by atoms with Gasteiger partial charge in [0.1, 0.15) is 0 Å². The minimum absolute atomic E-state index is 0.0707. The van der Waals surface area contributed by atoms with Crippen LogP contribution in [0.1, 0.15) is 21.5 Å². The Morgan fingerprint density at radius 2 is 1.15 bits per heavy atom. The number of benzene rings is 3. The van der Waals surface area contributed by atoms with E-state index >= 15 is 0 Å². The molecule has 5 rings (SSSR count). The normalized spacial score (nSPS) is 22.1. The van der Waals surface area contributed by atoms with Crippen molar-refractivity contribution in [3.05, 3.63) is 99.6 Å². The van der Waals surface area contributed by atoms with Gasteiger partial charge in [-0.1, -0.05) is 35.4 Å². The molecule has 2 fully saturated rings. The molecule has 2 bridgehead atoms. The molecule has 3 aromatic carbocycles. The van der Waals surface area contributed by atoms with Gasteiger partial charge in [-0.15, -0.1) is 0 Å². The van der Waals surface area contributed by atoms with Gasteiger partial charge in [0.05, 0.1) is 33.5 Å². The Morgan fingerprint density at radius 3 is 1.55 bits per heavy atom. The molecule has 0 aromatic heterocycles. The molecule has 0 radical (unpaired) electrons. The maximum absolute atomic E-state index is 14.1. The highest BCUT2D eigenvalue weighted by Gasteiger charge is 2.54. The molecule has 3 aromatic rings. The van der Waals surface area contributed by atoms with E-state index in [-0.39, 0.29) is 54.0 Å². The van der Waals surface area contributed by atoms with Crippen LogP contribution >= 0.6 is 0 Å². The fourth-order valence-corrected chi connectivity index (χ4v) is 8.26. The average molecular weight is 585 g/mol. The van der Waals surface area contributed by atoms with Gasteiger partial charge in [-0.05, 0) is 50.2 Å². The molecular formula is C27H28N4O7S2. The first-order valence-electron chi connectivity index (χ1n) is 12.5. The van der Waals surface area contributed by atoms with Gasteiger partial charge in [0.2, 0.25) is 20.0 Å². The van der Waals surface area contributed by atoms with Crippen LogP contribution in [0.2, 0.25) is 0 Å². The summed E-state index contributed by atoms with van der Waals surface area (Å²) >= 11 is 0. The summed E-state index contributed by atoms with van der Waals surface area (Å²) in [4.78, 5) is 26.4. The lowest BCUT2D eigenvalue weighted by Crippen LogP contribution is -2.69. The lowest BCUT2D eigenvalue weighted by Gasteiger charge is -2.52. The van der Waals surface area contributed by atoms with Crippen LogP contribution in [0.15, 0.2) is 82.6 Å². The minimum atomic E-state index is -4.02.